The van der Waals surface area contributed by atoms with E-state index in [2.05, 4.69) is 24.8 Å². The number of hydrogen-bond acceptors (Lipinski definition) is 4. The molecule has 0 aromatic rings. The monoisotopic (exact) mass is 286 g/mol. The Morgan fingerprint density at radius 1 is 1.30 bits per heavy atom. The number of carbonyl (C=O) groups is 2. The molecule has 0 radical (unpaired) electrons. The van der Waals surface area contributed by atoms with Crippen molar-refractivity contribution < 1.29 is 24.5 Å². The van der Waals surface area contributed by atoms with Crippen LogP contribution in [0.4, 0.5) is 0 Å². The van der Waals surface area contributed by atoms with Crippen molar-refractivity contribution in [2.45, 2.75) is 52.1 Å². The van der Waals surface area contributed by atoms with E-state index in [9.17, 15) is 9.59 Å². The summed E-state index contributed by atoms with van der Waals surface area (Å²) in [6.45, 7) is 10.3. The van der Waals surface area contributed by atoms with E-state index in [4.69, 9.17) is 10.2 Å². The highest BCUT2D eigenvalue weighted by Gasteiger charge is 2.01. The molecule has 20 heavy (non-hydrogen) atoms. The number of carboxylic acids is 1. The first kappa shape index (κ1) is 20.7. The summed E-state index contributed by atoms with van der Waals surface area (Å²) in [4.78, 5) is 20.5. The molecule has 116 valence electrons. The lowest BCUT2D eigenvalue weighted by Gasteiger charge is -2.02. The predicted octanol–water partition coefficient (Wildman–Crippen LogP) is 2.69. The average molecular weight is 286 g/mol. The average Bonchev–Trinajstić information content (AvgIpc) is 2.41. The van der Waals surface area contributed by atoms with Crippen LogP contribution < -0.4 is 0 Å². The summed E-state index contributed by atoms with van der Waals surface area (Å²) < 4.78 is 4.45. The highest BCUT2D eigenvalue weighted by atomic mass is 16.5. The van der Waals surface area contributed by atoms with Gasteiger partial charge in [-0.3, -0.25) is 0 Å². The van der Waals surface area contributed by atoms with E-state index < -0.39 is 18.0 Å². The Morgan fingerprint density at radius 2 is 1.90 bits per heavy atom. The molecule has 0 amide bonds. The number of aliphatic carboxylic acids is 1. The normalized spacial score (nSPS) is 10.8. The van der Waals surface area contributed by atoms with Crippen molar-refractivity contribution in [2.24, 2.45) is 0 Å². The smallest absolute Gasteiger partial charge is 0.330 e. The van der Waals surface area contributed by atoms with Crippen LogP contribution in [0.1, 0.15) is 46.0 Å². The fourth-order valence-corrected chi connectivity index (χ4v) is 1.13. The van der Waals surface area contributed by atoms with Gasteiger partial charge in [-0.05, 0) is 19.8 Å². The molecule has 5 nitrogen and oxygen atoms in total. The number of aliphatic hydroxyl groups is 1. The number of ether oxygens (including phenoxy) is 1. The van der Waals surface area contributed by atoms with Gasteiger partial charge in [-0.2, -0.15) is 0 Å². The first-order chi connectivity index (χ1) is 9.34. The molecule has 0 aliphatic heterocycles. The van der Waals surface area contributed by atoms with E-state index in [0.29, 0.717) is 12.0 Å². The minimum Gasteiger partial charge on any atom is -0.478 e. The molecule has 0 aromatic carbocycles. The van der Waals surface area contributed by atoms with Gasteiger partial charge in [-0.25, -0.2) is 9.59 Å². The highest BCUT2D eigenvalue weighted by molar-refractivity contribution is 5.85. The zero-order chi connectivity index (χ0) is 16.0. The maximum atomic E-state index is 10.3. The largest absolute Gasteiger partial charge is 0.478 e. The Balaban J connectivity index is 0. The standard InChI is InChI=1S/C9H16O2.C6H10O3/c1-3-4-5-6-7-8(2)9(10)11;1-3-6(8)9-4-5(2)7/h2-7H2,1H3,(H,10,11);3,5,7H,1,4H2,2H3. The summed E-state index contributed by atoms with van der Waals surface area (Å²) in [5.74, 6) is -1.36. The van der Waals surface area contributed by atoms with Crippen molar-refractivity contribution in [1.29, 1.82) is 0 Å². The summed E-state index contributed by atoms with van der Waals surface area (Å²) in [5.41, 5.74) is 0.334. The zero-order valence-electron chi connectivity index (χ0n) is 12.4. The van der Waals surface area contributed by atoms with Gasteiger partial charge in [0.2, 0.25) is 0 Å². The second-order valence-electron chi connectivity index (χ2n) is 4.40. The molecule has 5 heteroatoms. The van der Waals surface area contributed by atoms with Crippen LogP contribution in [0.15, 0.2) is 24.8 Å². The minimum atomic E-state index is -0.860. The Bertz CT molecular complexity index is 307. The lowest BCUT2D eigenvalue weighted by atomic mass is 10.1. The molecule has 2 N–H and O–H groups in total. The fourth-order valence-electron chi connectivity index (χ4n) is 1.13. The summed E-state index contributed by atoms with van der Waals surface area (Å²) in [6.07, 6.45) is 5.53. The van der Waals surface area contributed by atoms with E-state index in [1.54, 1.807) is 0 Å². The fraction of sp³-hybridized carbons (Fsp3) is 0.600. The number of aliphatic hydroxyl groups excluding tert-OH is 1. The Labute approximate surface area is 121 Å². The van der Waals surface area contributed by atoms with Crippen LogP contribution in [-0.2, 0) is 14.3 Å². The summed E-state index contributed by atoms with van der Waals surface area (Å²) >= 11 is 0. The number of carbonyl (C=O) groups excluding carboxylic acids is 1. The topological polar surface area (TPSA) is 83.8 Å². The quantitative estimate of drug-likeness (QED) is 0.387. The number of esters is 1. The number of carboxylic acid groups (broad SMARTS) is 1. The van der Waals surface area contributed by atoms with Crippen LogP contribution in [-0.4, -0.2) is 34.9 Å². The Hall–Kier alpha value is -1.62. The van der Waals surface area contributed by atoms with Gasteiger partial charge in [0, 0.05) is 11.6 Å². The first-order valence-corrected chi connectivity index (χ1v) is 6.73. The van der Waals surface area contributed by atoms with Crippen LogP contribution in [0.3, 0.4) is 0 Å². The molecule has 0 aliphatic rings. The molecular formula is C15H26O5. The van der Waals surface area contributed by atoms with Gasteiger partial charge in [0.05, 0.1) is 6.10 Å². The van der Waals surface area contributed by atoms with Gasteiger partial charge in [-0.1, -0.05) is 39.3 Å². The van der Waals surface area contributed by atoms with Crippen molar-refractivity contribution in [3.63, 3.8) is 0 Å². The maximum absolute atomic E-state index is 10.3. The Morgan fingerprint density at radius 3 is 2.30 bits per heavy atom. The van der Waals surface area contributed by atoms with Crippen molar-refractivity contribution >= 4 is 11.9 Å². The van der Waals surface area contributed by atoms with Gasteiger partial charge < -0.3 is 14.9 Å². The van der Waals surface area contributed by atoms with Crippen molar-refractivity contribution in [3.05, 3.63) is 24.8 Å². The van der Waals surface area contributed by atoms with Crippen LogP contribution in [0.5, 0.6) is 0 Å². The highest BCUT2D eigenvalue weighted by Crippen LogP contribution is 2.07. The van der Waals surface area contributed by atoms with E-state index in [1.807, 2.05) is 0 Å². The van der Waals surface area contributed by atoms with Gasteiger partial charge in [-0.15, -0.1) is 0 Å². The van der Waals surface area contributed by atoms with Gasteiger partial charge in [0.1, 0.15) is 6.61 Å². The molecule has 1 atom stereocenters. The molecule has 0 bridgehead atoms. The maximum Gasteiger partial charge on any atom is 0.330 e. The van der Waals surface area contributed by atoms with Crippen molar-refractivity contribution in [3.8, 4) is 0 Å². The Kier molecular flexibility index (Phi) is 14.3. The third kappa shape index (κ3) is 16.4. The summed E-state index contributed by atoms with van der Waals surface area (Å²) in [5, 5.41) is 17.0. The molecule has 1 unspecified atom stereocenters. The second kappa shape index (κ2) is 13.8. The second-order valence-corrected chi connectivity index (χ2v) is 4.40. The molecule has 0 rings (SSSR count). The summed E-state index contributed by atoms with van der Waals surface area (Å²) in [7, 11) is 0. The van der Waals surface area contributed by atoms with Crippen molar-refractivity contribution in [2.75, 3.05) is 6.61 Å². The van der Waals surface area contributed by atoms with Crippen molar-refractivity contribution in [1.82, 2.24) is 0 Å². The number of hydrogen-bond donors (Lipinski definition) is 2. The van der Waals surface area contributed by atoms with Crippen LogP contribution in [0.25, 0.3) is 0 Å². The predicted molar refractivity (Wildman–Crippen MR) is 78.4 cm³/mol. The van der Waals surface area contributed by atoms with Gasteiger partial charge in [0.15, 0.2) is 0 Å². The molecule has 0 spiro atoms. The molecular weight excluding hydrogens is 260 g/mol. The third-order valence-corrected chi connectivity index (χ3v) is 2.27. The van der Waals surface area contributed by atoms with E-state index in [1.165, 1.54) is 19.8 Å². The van der Waals surface area contributed by atoms with Gasteiger partial charge >= 0.3 is 11.9 Å². The van der Waals surface area contributed by atoms with Crippen LogP contribution in [0.2, 0.25) is 0 Å². The minimum absolute atomic E-state index is 0.0326. The third-order valence-electron chi connectivity index (χ3n) is 2.27. The molecule has 0 heterocycles. The molecule has 0 aromatic heterocycles. The molecule has 0 aliphatic carbocycles. The lowest BCUT2D eigenvalue weighted by Crippen LogP contribution is -2.13. The summed E-state index contributed by atoms with van der Waals surface area (Å²) in [6, 6.07) is 0. The van der Waals surface area contributed by atoms with Gasteiger partial charge in [0.25, 0.3) is 0 Å². The van der Waals surface area contributed by atoms with E-state index in [-0.39, 0.29) is 6.61 Å². The van der Waals surface area contributed by atoms with Crippen LogP contribution in [0, 0.1) is 0 Å². The number of unbranched alkanes of at least 4 members (excludes halogenated alkanes) is 3. The zero-order valence-corrected chi connectivity index (χ0v) is 12.4. The molecule has 0 saturated heterocycles. The molecule has 0 fully saturated rings. The molecule has 0 saturated carbocycles. The first-order valence-electron chi connectivity index (χ1n) is 6.73. The van der Waals surface area contributed by atoms with E-state index >= 15 is 0 Å². The number of rotatable bonds is 9. The van der Waals surface area contributed by atoms with Crippen LogP contribution >= 0.6 is 0 Å². The van der Waals surface area contributed by atoms with E-state index in [0.717, 1.165) is 18.9 Å². The SMILES string of the molecule is C=C(CCCCCC)C(=O)O.C=CC(=O)OCC(C)O. The lowest BCUT2D eigenvalue weighted by molar-refractivity contribution is -0.140.